The molecule has 0 saturated heterocycles. The SMILES string of the molecule is O=c1cc(O)nc(-c2ccc3nccnc3c2)[nH]1. The molecule has 0 aliphatic heterocycles. The second kappa shape index (κ2) is 3.92. The third-order valence-electron chi connectivity index (χ3n) is 2.47. The maximum atomic E-state index is 11.3. The number of rotatable bonds is 1. The highest BCUT2D eigenvalue weighted by atomic mass is 16.3. The molecule has 2 aromatic heterocycles. The maximum absolute atomic E-state index is 11.3. The largest absolute Gasteiger partial charge is 0.493 e. The van der Waals surface area contributed by atoms with E-state index in [9.17, 15) is 9.90 Å². The van der Waals surface area contributed by atoms with Gasteiger partial charge in [0.2, 0.25) is 5.88 Å². The smallest absolute Gasteiger partial charge is 0.254 e. The Balaban J connectivity index is 2.22. The highest BCUT2D eigenvalue weighted by Gasteiger charge is 2.05. The van der Waals surface area contributed by atoms with Gasteiger partial charge in [0.15, 0.2) is 0 Å². The third-order valence-corrected chi connectivity index (χ3v) is 2.47. The number of aromatic nitrogens is 4. The van der Waals surface area contributed by atoms with E-state index in [1.54, 1.807) is 30.6 Å². The number of hydrogen-bond donors (Lipinski definition) is 2. The molecule has 0 fully saturated rings. The van der Waals surface area contributed by atoms with Crippen molar-refractivity contribution in [1.82, 2.24) is 19.9 Å². The molecule has 0 unspecified atom stereocenters. The monoisotopic (exact) mass is 240 g/mol. The molecular formula is C12H8N4O2. The van der Waals surface area contributed by atoms with Gasteiger partial charge in [0, 0.05) is 18.0 Å². The molecule has 0 bridgehead atoms. The lowest BCUT2D eigenvalue weighted by molar-refractivity contribution is 0.452. The molecule has 2 heterocycles. The standard InChI is InChI=1S/C12H8N4O2/c17-10-6-11(18)16-12(15-10)7-1-2-8-9(5-7)14-4-3-13-8/h1-6H,(H2,15,16,17,18). The predicted molar refractivity (Wildman–Crippen MR) is 65.1 cm³/mol. The van der Waals surface area contributed by atoms with E-state index in [2.05, 4.69) is 19.9 Å². The van der Waals surface area contributed by atoms with Crippen LogP contribution in [0.2, 0.25) is 0 Å². The van der Waals surface area contributed by atoms with E-state index in [4.69, 9.17) is 0 Å². The number of hydrogen-bond acceptors (Lipinski definition) is 5. The van der Waals surface area contributed by atoms with Crippen molar-refractivity contribution in [2.75, 3.05) is 0 Å². The molecule has 0 radical (unpaired) electrons. The summed E-state index contributed by atoms with van der Waals surface area (Å²) in [5.74, 6) is -0.0134. The lowest BCUT2D eigenvalue weighted by Crippen LogP contribution is -2.06. The Hall–Kier alpha value is -2.76. The van der Waals surface area contributed by atoms with Gasteiger partial charge in [-0.15, -0.1) is 0 Å². The number of aromatic amines is 1. The second-order valence-electron chi connectivity index (χ2n) is 3.71. The molecule has 3 rings (SSSR count). The molecule has 0 atom stereocenters. The first-order valence-corrected chi connectivity index (χ1v) is 5.24. The van der Waals surface area contributed by atoms with Crippen LogP contribution in [0.1, 0.15) is 0 Å². The van der Waals surface area contributed by atoms with Crippen molar-refractivity contribution < 1.29 is 5.11 Å². The molecule has 0 aliphatic carbocycles. The van der Waals surface area contributed by atoms with Crippen LogP contribution < -0.4 is 5.56 Å². The summed E-state index contributed by atoms with van der Waals surface area (Å²) in [4.78, 5) is 26.0. The van der Waals surface area contributed by atoms with Gasteiger partial charge >= 0.3 is 0 Å². The van der Waals surface area contributed by atoms with Crippen LogP contribution in [0.4, 0.5) is 0 Å². The molecule has 18 heavy (non-hydrogen) atoms. The summed E-state index contributed by atoms with van der Waals surface area (Å²) in [6.07, 6.45) is 3.20. The number of aromatic hydroxyl groups is 1. The maximum Gasteiger partial charge on any atom is 0.254 e. The first-order chi connectivity index (χ1) is 8.72. The van der Waals surface area contributed by atoms with E-state index in [0.717, 1.165) is 11.6 Å². The molecule has 88 valence electrons. The minimum atomic E-state index is -0.406. The number of nitrogens with one attached hydrogen (secondary N) is 1. The Labute approximate surface area is 101 Å². The van der Waals surface area contributed by atoms with Crippen LogP contribution in [0, 0.1) is 0 Å². The fraction of sp³-hybridized carbons (Fsp3) is 0. The summed E-state index contributed by atoms with van der Waals surface area (Å²) in [5, 5.41) is 9.31. The fourth-order valence-electron chi connectivity index (χ4n) is 1.69. The summed E-state index contributed by atoms with van der Waals surface area (Å²) >= 11 is 0. The van der Waals surface area contributed by atoms with Gasteiger partial charge in [-0.1, -0.05) is 0 Å². The molecule has 2 N–H and O–H groups in total. The van der Waals surface area contributed by atoms with Crippen LogP contribution in [-0.2, 0) is 0 Å². The zero-order valence-electron chi connectivity index (χ0n) is 9.16. The first-order valence-electron chi connectivity index (χ1n) is 5.24. The Bertz CT molecular complexity index is 782. The van der Waals surface area contributed by atoms with Crippen molar-refractivity contribution in [2.45, 2.75) is 0 Å². The average molecular weight is 240 g/mol. The predicted octanol–water partition coefficient (Wildman–Crippen LogP) is 1.09. The first kappa shape index (κ1) is 10.4. The van der Waals surface area contributed by atoms with Crippen LogP contribution in [0.15, 0.2) is 41.5 Å². The Morgan fingerprint density at radius 3 is 2.61 bits per heavy atom. The molecule has 1 aromatic carbocycles. The summed E-state index contributed by atoms with van der Waals surface area (Å²) < 4.78 is 0. The van der Waals surface area contributed by atoms with Crippen molar-refractivity contribution in [3.8, 4) is 17.3 Å². The van der Waals surface area contributed by atoms with Crippen molar-refractivity contribution in [3.63, 3.8) is 0 Å². The lowest BCUT2D eigenvalue weighted by Gasteiger charge is -2.02. The van der Waals surface area contributed by atoms with Gasteiger partial charge in [-0.05, 0) is 18.2 Å². The minimum Gasteiger partial charge on any atom is -0.493 e. The topological polar surface area (TPSA) is 91.8 Å². The molecule has 0 saturated carbocycles. The van der Waals surface area contributed by atoms with Gasteiger partial charge in [0.05, 0.1) is 17.1 Å². The van der Waals surface area contributed by atoms with Crippen LogP contribution in [0.25, 0.3) is 22.4 Å². The number of H-pyrrole nitrogens is 1. The third kappa shape index (κ3) is 1.80. The molecule has 0 amide bonds. The van der Waals surface area contributed by atoms with Gasteiger partial charge in [-0.3, -0.25) is 14.8 Å². The van der Waals surface area contributed by atoms with Gasteiger partial charge < -0.3 is 10.1 Å². The van der Waals surface area contributed by atoms with Gasteiger partial charge in [-0.25, -0.2) is 0 Å². The van der Waals surface area contributed by atoms with E-state index in [1.807, 2.05) is 0 Å². The quantitative estimate of drug-likeness (QED) is 0.664. The number of nitrogens with zero attached hydrogens (tertiary/aromatic N) is 3. The summed E-state index contributed by atoms with van der Waals surface area (Å²) in [6.45, 7) is 0. The van der Waals surface area contributed by atoms with Gasteiger partial charge in [0.25, 0.3) is 5.56 Å². The Morgan fingerprint density at radius 2 is 1.83 bits per heavy atom. The average Bonchev–Trinajstić information content (AvgIpc) is 2.37. The molecular weight excluding hydrogens is 232 g/mol. The van der Waals surface area contributed by atoms with Crippen molar-refractivity contribution in [1.29, 1.82) is 0 Å². The number of fused-ring (bicyclic) bond motifs is 1. The van der Waals surface area contributed by atoms with E-state index in [1.165, 1.54) is 0 Å². The molecule has 0 spiro atoms. The van der Waals surface area contributed by atoms with Crippen molar-refractivity contribution in [3.05, 3.63) is 47.0 Å². The fourth-order valence-corrected chi connectivity index (χ4v) is 1.69. The van der Waals surface area contributed by atoms with Crippen molar-refractivity contribution >= 4 is 11.0 Å². The molecule has 6 nitrogen and oxygen atoms in total. The van der Waals surface area contributed by atoms with Gasteiger partial charge in [0.1, 0.15) is 5.82 Å². The highest BCUT2D eigenvalue weighted by Crippen LogP contribution is 2.19. The summed E-state index contributed by atoms with van der Waals surface area (Å²) in [5.41, 5.74) is 1.71. The minimum absolute atomic E-state index is 0.299. The van der Waals surface area contributed by atoms with E-state index < -0.39 is 5.56 Å². The van der Waals surface area contributed by atoms with E-state index >= 15 is 0 Å². The van der Waals surface area contributed by atoms with E-state index in [-0.39, 0.29) is 5.88 Å². The number of benzene rings is 1. The van der Waals surface area contributed by atoms with Crippen LogP contribution in [-0.4, -0.2) is 25.0 Å². The molecule has 3 aromatic rings. The molecule has 0 aliphatic rings. The van der Waals surface area contributed by atoms with Crippen LogP contribution in [0.3, 0.4) is 0 Å². The summed E-state index contributed by atoms with van der Waals surface area (Å²) in [6, 6.07) is 6.31. The van der Waals surface area contributed by atoms with Crippen LogP contribution >= 0.6 is 0 Å². The van der Waals surface area contributed by atoms with E-state index in [0.29, 0.717) is 16.9 Å². The second-order valence-corrected chi connectivity index (χ2v) is 3.71. The summed E-state index contributed by atoms with van der Waals surface area (Å²) in [7, 11) is 0. The zero-order valence-corrected chi connectivity index (χ0v) is 9.16. The van der Waals surface area contributed by atoms with Gasteiger partial charge in [-0.2, -0.15) is 4.98 Å². The normalized spacial score (nSPS) is 10.7. The Morgan fingerprint density at radius 1 is 1.06 bits per heavy atom. The van der Waals surface area contributed by atoms with Crippen molar-refractivity contribution in [2.24, 2.45) is 0 Å². The zero-order chi connectivity index (χ0) is 12.5. The Kier molecular flexibility index (Phi) is 2.26. The molecule has 6 heteroatoms. The van der Waals surface area contributed by atoms with Crippen LogP contribution in [0.5, 0.6) is 5.88 Å². The highest BCUT2D eigenvalue weighted by molar-refractivity contribution is 5.79. The lowest BCUT2D eigenvalue weighted by atomic mass is 10.2.